The monoisotopic (exact) mass is 347 g/mol. The molecule has 2 fully saturated rings. The maximum Gasteiger partial charge on any atom is 0.236 e. The minimum absolute atomic E-state index is 0.105. The molecular weight excluding hydrogens is 318 g/mol. The number of ether oxygens (including phenoxy) is 2. The van der Waals surface area contributed by atoms with Crippen molar-refractivity contribution in [2.45, 2.75) is 31.5 Å². The molecule has 2 aliphatic rings. The van der Waals surface area contributed by atoms with Crippen LogP contribution in [0.1, 0.15) is 25.0 Å². The summed E-state index contributed by atoms with van der Waals surface area (Å²) in [5.41, 5.74) is 0.867. The Hall–Kier alpha value is -1.50. The van der Waals surface area contributed by atoms with Crippen molar-refractivity contribution in [3.63, 3.8) is 0 Å². The third kappa shape index (κ3) is 5.00. The Morgan fingerprint density at radius 2 is 2.28 bits per heavy atom. The van der Waals surface area contributed by atoms with Gasteiger partial charge in [0.1, 0.15) is 5.60 Å². The molecule has 0 aliphatic carbocycles. The average Bonchev–Trinajstić information content (AvgIpc) is 2.57. The van der Waals surface area contributed by atoms with E-state index < -0.39 is 0 Å². The lowest BCUT2D eigenvalue weighted by molar-refractivity contribution is -0.189. The highest BCUT2D eigenvalue weighted by Crippen LogP contribution is 2.38. The van der Waals surface area contributed by atoms with Gasteiger partial charge in [0.05, 0.1) is 31.9 Å². The summed E-state index contributed by atoms with van der Waals surface area (Å²) in [5.74, 6) is 0.809. The van der Waals surface area contributed by atoms with Crippen molar-refractivity contribution in [1.82, 2.24) is 14.8 Å². The number of pyridine rings is 1. The number of nitrogens with zero attached hydrogens (tertiary/aromatic N) is 3. The van der Waals surface area contributed by atoms with Crippen LogP contribution < -0.4 is 0 Å². The number of likely N-dealkylation sites (tertiary alicyclic amines) is 1. The summed E-state index contributed by atoms with van der Waals surface area (Å²) in [4.78, 5) is 20.2. The minimum atomic E-state index is -0.105. The summed E-state index contributed by atoms with van der Waals surface area (Å²) >= 11 is 0. The molecule has 6 heteroatoms. The first-order chi connectivity index (χ1) is 12.1. The first-order valence-electron chi connectivity index (χ1n) is 9.10. The number of rotatable bonds is 7. The van der Waals surface area contributed by atoms with Gasteiger partial charge in [0.2, 0.25) is 5.91 Å². The van der Waals surface area contributed by atoms with E-state index in [-0.39, 0.29) is 11.5 Å². The molecule has 1 unspecified atom stereocenters. The van der Waals surface area contributed by atoms with E-state index in [1.165, 1.54) is 0 Å². The molecule has 0 saturated carbocycles. The van der Waals surface area contributed by atoms with Crippen LogP contribution in [0, 0.1) is 5.92 Å². The highest BCUT2D eigenvalue weighted by atomic mass is 16.5. The minimum Gasteiger partial charge on any atom is -0.375 e. The van der Waals surface area contributed by atoms with Crippen LogP contribution >= 0.6 is 0 Å². The SMILES string of the molecule is CN(C)CC(=O)N1CC2(CC(CCOCc3ccccn3)CCO2)C1. The van der Waals surface area contributed by atoms with Gasteiger partial charge in [-0.1, -0.05) is 6.07 Å². The van der Waals surface area contributed by atoms with Crippen LogP contribution in [0.25, 0.3) is 0 Å². The summed E-state index contributed by atoms with van der Waals surface area (Å²) in [6, 6.07) is 5.88. The van der Waals surface area contributed by atoms with Crippen molar-refractivity contribution in [2.24, 2.45) is 5.92 Å². The predicted octanol–water partition coefficient (Wildman–Crippen LogP) is 1.56. The zero-order valence-corrected chi connectivity index (χ0v) is 15.3. The number of aromatic nitrogens is 1. The lowest BCUT2D eigenvalue weighted by atomic mass is 9.79. The van der Waals surface area contributed by atoms with E-state index in [1.807, 2.05) is 42.1 Å². The second kappa shape index (κ2) is 8.25. The molecule has 25 heavy (non-hydrogen) atoms. The normalized spacial score (nSPS) is 22.2. The Bertz CT molecular complexity index is 558. The molecule has 1 amide bonds. The standard InChI is InChI=1S/C19H29N3O3/c1-21(2)12-18(23)22-14-19(15-22)11-16(7-10-25-19)6-9-24-13-17-5-3-4-8-20-17/h3-5,8,16H,6-7,9-15H2,1-2H3. The van der Waals surface area contributed by atoms with Crippen LogP contribution in [-0.2, 0) is 20.9 Å². The molecule has 0 bridgehead atoms. The third-order valence-corrected chi connectivity index (χ3v) is 5.00. The highest BCUT2D eigenvalue weighted by molar-refractivity contribution is 5.79. The summed E-state index contributed by atoms with van der Waals surface area (Å²) in [6.07, 6.45) is 4.95. The first-order valence-corrected chi connectivity index (χ1v) is 9.10. The third-order valence-electron chi connectivity index (χ3n) is 5.00. The molecule has 1 atom stereocenters. The number of likely N-dealkylation sites (N-methyl/N-ethyl adjacent to an activating group) is 1. The molecule has 0 radical (unpaired) electrons. The summed E-state index contributed by atoms with van der Waals surface area (Å²) in [5, 5.41) is 0. The zero-order chi connectivity index (χ0) is 17.7. The van der Waals surface area contributed by atoms with Gasteiger partial charge in [0.15, 0.2) is 0 Å². The number of hydrogen-bond donors (Lipinski definition) is 0. The van der Waals surface area contributed by atoms with Crippen molar-refractivity contribution in [3.8, 4) is 0 Å². The Balaban J connectivity index is 1.37. The molecule has 1 aromatic heterocycles. The van der Waals surface area contributed by atoms with Gasteiger partial charge in [-0.15, -0.1) is 0 Å². The predicted molar refractivity (Wildman–Crippen MR) is 95.1 cm³/mol. The molecule has 0 aromatic carbocycles. The second-order valence-corrected chi connectivity index (χ2v) is 7.54. The molecule has 138 valence electrons. The lowest BCUT2D eigenvalue weighted by Gasteiger charge is -2.53. The lowest BCUT2D eigenvalue weighted by Crippen LogP contribution is -2.67. The van der Waals surface area contributed by atoms with Crippen molar-refractivity contribution >= 4 is 5.91 Å². The van der Waals surface area contributed by atoms with Gasteiger partial charge in [-0.3, -0.25) is 9.78 Å². The van der Waals surface area contributed by atoms with Crippen molar-refractivity contribution < 1.29 is 14.3 Å². The summed E-state index contributed by atoms with van der Waals surface area (Å²) < 4.78 is 11.8. The quantitative estimate of drug-likeness (QED) is 0.701. The zero-order valence-electron chi connectivity index (χ0n) is 15.3. The van der Waals surface area contributed by atoms with Gasteiger partial charge in [0, 0.05) is 19.4 Å². The Morgan fingerprint density at radius 3 is 3.00 bits per heavy atom. The molecule has 2 aliphatic heterocycles. The van der Waals surface area contributed by atoms with E-state index in [1.54, 1.807) is 6.20 Å². The largest absolute Gasteiger partial charge is 0.375 e. The maximum atomic E-state index is 12.1. The van der Waals surface area contributed by atoms with Gasteiger partial charge < -0.3 is 19.3 Å². The molecule has 0 N–H and O–H groups in total. The van der Waals surface area contributed by atoms with Crippen molar-refractivity contribution in [1.29, 1.82) is 0 Å². The second-order valence-electron chi connectivity index (χ2n) is 7.54. The van der Waals surface area contributed by atoms with E-state index in [0.29, 0.717) is 19.1 Å². The van der Waals surface area contributed by atoms with Gasteiger partial charge in [-0.2, -0.15) is 0 Å². The average molecular weight is 347 g/mol. The molecule has 6 nitrogen and oxygen atoms in total. The Morgan fingerprint density at radius 1 is 1.44 bits per heavy atom. The fraction of sp³-hybridized carbons (Fsp3) is 0.684. The van der Waals surface area contributed by atoms with Crippen LogP contribution in [0.2, 0.25) is 0 Å². The number of hydrogen-bond acceptors (Lipinski definition) is 5. The number of carbonyl (C=O) groups is 1. The number of carbonyl (C=O) groups excluding carboxylic acids is 1. The van der Waals surface area contributed by atoms with E-state index in [2.05, 4.69) is 4.98 Å². The van der Waals surface area contributed by atoms with E-state index >= 15 is 0 Å². The molecule has 1 spiro atoms. The van der Waals surface area contributed by atoms with Gasteiger partial charge in [-0.05, 0) is 51.4 Å². The van der Waals surface area contributed by atoms with Crippen LogP contribution in [0.3, 0.4) is 0 Å². The first kappa shape index (κ1) is 18.3. The molecule has 3 rings (SSSR count). The fourth-order valence-corrected chi connectivity index (χ4v) is 3.70. The van der Waals surface area contributed by atoms with Gasteiger partial charge in [0.25, 0.3) is 0 Å². The van der Waals surface area contributed by atoms with E-state index in [9.17, 15) is 4.79 Å². The smallest absolute Gasteiger partial charge is 0.236 e. The molecule has 3 heterocycles. The maximum absolute atomic E-state index is 12.1. The van der Waals surface area contributed by atoms with Crippen LogP contribution in [0.5, 0.6) is 0 Å². The Labute approximate surface area is 150 Å². The summed E-state index contributed by atoms with van der Waals surface area (Å²) in [7, 11) is 3.84. The van der Waals surface area contributed by atoms with Crippen LogP contribution in [0.15, 0.2) is 24.4 Å². The Kier molecular flexibility index (Phi) is 6.04. The fourth-order valence-electron chi connectivity index (χ4n) is 3.70. The highest BCUT2D eigenvalue weighted by Gasteiger charge is 2.48. The van der Waals surface area contributed by atoms with Crippen molar-refractivity contribution in [2.75, 3.05) is 46.9 Å². The van der Waals surface area contributed by atoms with Gasteiger partial charge >= 0.3 is 0 Å². The van der Waals surface area contributed by atoms with Crippen LogP contribution in [0.4, 0.5) is 0 Å². The molecular formula is C19H29N3O3. The van der Waals surface area contributed by atoms with E-state index in [0.717, 1.165) is 51.3 Å². The van der Waals surface area contributed by atoms with E-state index in [4.69, 9.17) is 9.47 Å². The summed E-state index contributed by atoms with van der Waals surface area (Å²) in [6.45, 7) is 4.07. The topological polar surface area (TPSA) is 54.9 Å². The number of amides is 1. The van der Waals surface area contributed by atoms with Gasteiger partial charge in [-0.25, -0.2) is 0 Å². The molecule has 2 saturated heterocycles. The molecule has 1 aromatic rings. The van der Waals surface area contributed by atoms with Crippen molar-refractivity contribution in [3.05, 3.63) is 30.1 Å². The van der Waals surface area contributed by atoms with Crippen LogP contribution in [-0.4, -0.2) is 73.2 Å².